The summed E-state index contributed by atoms with van der Waals surface area (Å²) in [6.07, 6.45) is 0. The number of amides is 1. The largest absolute Gasteiger partial charge is 0.354 e. The number of nitrogens with one attached hydrogen (secondary N) is 2. The minimum atomic E-state index is -0.0324. The van der Waals surface area contributed by atoms with Crippen molar-refractivity contribution in [1.82, 2.24) is 15.5 Å². The molecule has 0 bridgehead atoms. The Bertz CT molecular complexity index is 328. The van der Waals surface area contributed by atoms with E-state index in [0.717, 1.165) is 0 Å². The van der Waals surface area contributed by atoms with Gasteiger partial charge in [0.25, 0.3) is 0 Å². The van der Waals surface area contributed by atoms with Crippen LogP contribution in [0.2, 0.25) is 0 Å². The molecule has 1 rings (SSSR count). The van der Waals surface area contributed by atoms with Crippen molar-refractivity contribution in [2.75, 3.05) is 18.4 Å². The van der Waals surface area contributed by atoms with Gasteiger partial charge in [0.05, 0.1) is 6.54 Å². The first-order valence-corrected chi connectivity index (χ1v) is 6.18. The van der Waals surface area contributed by atoms with Crippen molar-refractivity contribution in [2.24, 2.45) is 5.92 Å². The molecule has 15 heavy (non-hydrogen) atoms. The van der Waals surface area contributed by atoms with E-state index < -0.39 is 0 Å². The SMILES string of the molecule is CC(C)CNC(=O)CNc1nnc(Br)s1. The second-order valence-electron chi connectivity index (χ2n) is 3.41. The summed E-state index contributed by atoms with van der Waals surface area (Å²) in [4.78, 5) is 11.3. The van der Waals surface area contributed by atoms with Crippen LogP contribution in [0.4, 0.5) is 5.13 Å². The molecule has 0 aliphatic carbocycles. The van der Waals surface area contributed by atoms with E-state index in [9.17, 15) is 4.79 Å². The molecule has 0 saturated heterocycles. The van der Waals surface area contributed by atoms with Gasteiger partial charge in [0, 0.05) is 6.54 Å². The number of aromatic nitrogens is 2. The average Bonchev–Trinajstić information content (AvgIpc) is 2.58. The molecule has 7 heteroatoms. The van der Waals surface area contributed by atoms with Gasteiger partial charge in [-0.2, -0.15) is 0 Å². The first-order valence-electron chi connectivity index (χ1n) is 4.57. The molecule has 84 valence electrons. The maximum absolute atomic E-state index is 11.3. The van der Waals surface area contributed by atoms with Crippen LogP contribution in [0.3, 0.4) is 0 Å². The predicted molar refractivity (Wildman–Crippen MR) is 63.9 cm³/mol. The fourth-order valence-electron chi connectivity index (χ4n) is 0.813. The van der Waals surface area contributed by atoms with Crippen molar-refractivity contribution in [3.63, 3.8) is 0 Å². The van der Waals surface area contributed by atoms with Crippen LogP contribution in [0, 0.1) is 5.92 Å². The highest BCUT2D eigenvalue weighted by Crippen LogP contribution is 2.19. The Balaban J connectivity index is 2.22. The van der Waals surface area contributed by atoms with Crippen molar-refractivity contribution in [2.45, 2.75) is 13.8 Å². The van der Waals surface area contributed by atoms with E-state index in [2.05, 4.69) is 50.6 Å². The summed E-state index contributed by atoms with van der Waals surface area (Å²) in [5.74, 6) is 0.430. The topological polar surface area (TPSA) is 66.9 Å². The Labute approximate surface area is 101 Å². The molecule has 0 aliphatic heterocycles. The third kappa shape index (κ3) is 5.08. The Morgan fingerprint density at radius 3 is 2.80 bits per heavy atom. The second kappa shape index (κ2) is 6.02. The lowest BCUT2D eigenvalue weighted by atomic mass is 10.2. The molecule has 1 aromatic heterocycles. The Morgan fingerprint density at radius 2 is 2.27 bits per heavy atom. The first-order chi connectivity index (χ1) is 7.08. The molecule has 0 fully saturated rings. The van der Waals surface area contributed by atoms with Crippen LogP contribution >= 0.6 is 27.3 Å². The van der Waals surface area contributed by atoms with Gasteiger partial charge in [0.15, 0.2) is 3.92 Å². The molecule has 0 atom stereocenters. The van der Waals surface area contributed by atoms with Gasteiger partial charge in [-0.05, 0) is 21.8 Å². The van der Waals surface area contributed by atoms with Crippen molar-refractivity contribution in [1.29, 1.82) is 0 Å². The van der Waals surface area contributed by atoms with Gasteiger partial charge in [0.2, 0.25) is 11.0 Å². The maximum atomic E-state index is 11.3. The monoisotopic (exact) mass is 292 g/mol. The molecule has 0 spiro atoms. The molecule has 0 aliphatic rings. The lowest BCUT2D eigenvalue weighted by Gasteiger charge is -2.07. The van der Waals surface area contributed by atoms with E-state index in [1.165, 1.54) is 11.3 Å². The number of hydrogen-bond donors (Lipinski definition) is 2. The van der Waals surface area contributed by atoms with E-state index in [1.54, 1.807) is 0 Å². The Morgan fingerprint density at radius 1 is 1.53 bits per heavy atom. The van der Waals surface area contributed by atoms with Crippen LogP contribution < -0.4 is 10.6 Å². The summed E-state index contributed by atoms with van der Waals surface area (Å²) in [7, 11) is 0. The van der Waals surface area contributed by atoms with Gasteiger partial charge in [-0.1, -0.05) is 25.2 Å². The molecule has 1 heterocycles. The zero-order valence-corrected chi connectivity index (χ0v) is 11.0. The Hall–Kier alpha value is -0.690. The van der Waals surface area contributed by atoms with Crippen molar-refractivity contribution >= 4 is 38.3 Å². The minimum Gasteiger partial charge on any atom is -0.354 e. The fraction of sp³-hybridized carbons (Fsp3) is 0.625. The average molecular weight is 293 g/mol. The summed E-state index contributed by atoms with van der Waals surface area (Å²) < 4.78 is 0.701. The summed E-state index contributed by atoms with van der Waals surface area (Å²) in [6, 6.07) is 0. The maximum Gasteiger partial charge on any atom is 0.239 e. The van der Waals surface area contributed by atoms with Gasteiger partial charge in [-0.3, -0.25) is 4.79 Å². The van der Waals surface area contributed by atoms with Crippen molar-refractivity contribution < 1.29 is 4.79 Å². The molecule has 1 amide bonds. The summed E-state index contributed by atoms with van der Waals surface area (Å²) in [5, 5.41) is 13.9. The van der Waals surface area contributed by atoms with E-state index in [4.69, 9.17) is 0 Å². The van der Waals surface area contributed by atoms with Gasteiger partial charge >= 0.3 is 0 Å². The van der Waals surface area contributed by atoms with Crippen LogP contribution in [0.1, 0.15) is 13.8 Å². The summed E-state index contributed by atoms with van der Waals surface area (Å²) >= 11 is 4.55. The molecule has 0 unspecified atom stereocenters. The highest BCUT2D eigenvalue weighted by molar-refractivity contribution is 9.11. The Kier molecular flexibility index (Phi) is 4.97. The van der Waals surface area contributed by atoms with Gasteiger partial charge in [0.1, 0.15) is 0 Å². The zero-order chi connectivity index (χ0) is 11.3. The number of halogens is 1. The smallest absolute Gasteiger partial charge is 0.239 e. The van der Waals surface area contributed by atoms with E-state index in [1.807, 2.05) is 0 Å². The molecule has 2 N–H and O–H groups in total. The zero-order valence-electron chi connectivity index (χ0n) is 8.58. The summed E-state index contributed by atoms with van der Waals surface area (Å²) in [5.41, 5.74) is 0. The van der Waals surface area contributed by atoms with Gasteiger partial charge < -0.3 is 10.6 Å². The number of anilines is 1. The van der Waals surface area contributed by atoms with Crippen LogP contribution in [0.15, 0.2) is 3.92 Å². The predicted octanol–water partition coefficient (Wildman–Crippen LogP) is 1.48. The van der Waals surface area contributed by atoms with Crippen LogP contribution in [0.25, 0.3) is 0 Å². The van der Waals surface area contributed by atoms with E-state index in [0.29, 0.717) is 21.5 Å². The quantitative estimate of drug-likeness (QED) is 0.863. The fourth-order valence-corrected chi connectivity index (χ4v) is 1.82. The standard InChI is InChI=1S/C8H13BrN4OS/c1-5(2)3-10-6(14)4-11-8-13-12-7(9)15-8/h5H,3-4H2,1-2H3,(H,10,14)(H,11,13). The third-order valence-corrected chi connectivity index (χ3v) is 2.82. The van der Waals surface area contributed by atoms with Crippen molar-refractivity contribution in [3.8, 4) is 0 Å². The molecular formula is C8H13BrN4OS. The number of rotatable bonds is 5. The lowest BCUT2D eigenvalue weighted by molar-refractivity contribution is -0.119. The van der Waals surface area contributed by atoms with Crippen LogP contribution in [-0.2, 0) is 4.79 Å². The van der Waals surface area contributed by atoms with Gasteiger partial charge in [-0.25, -0.2) is 0 Å². The van der Waals surface area contributed by atoms with E-state index in [-0.39, 0.29) is 12.5 Å². The molecular weight excluding hydrogens is 280 g/mol. The highest BCUT2D eigenvalue weighted by Gasteiger charge is 2.04. The minimum absolute atomic E-state index is 0.0324. The van der Waals surface area contributed by atoms with Crippen molar-refractivity contribution in [3.05, 3.63) is 3.92 Å². The number of carbonyl (C=O) groups is 1. The normalized spacial score (nSPS) is 10.4. The number of carbonyl (C=O) groups excluding carboxylic acids is 1. The molecule has 0 aromatic carbocycles. The van der Waals surface area contributed by atoms with Gasteiger partial charge in [-0.15, -0.1) is 10.2 Å². The molecule has 1 aromatic rings. The molecule has 0 saturated carbocycles. The number of nitrogens with zero attached hydrogens (tertiary/aromatic N) is 2. The second-order valence-corrected chi connectivity index (χ2v) is 5.67. The van der Waals surface area contributed by atoms with E-state index >= 15 is 0 Å². The summed E-state index contributed by atoms with van der Waals surface area (Å²) in [6.45, 7) is 5.03. The molecule has 5 nitrogen and oxygen atoms in total. The first kappa shape index (κ1) is 12.4. The van der Waals surface area contributed by atoms with Crippen LogP contribution in [-0.4, -0.2) is 29.2 Å². The number of hydrogen-bond acceptors (Lipinski definition) is 5. The third-order valence-electron chi connectivity index (χ3n) is 1.51. The lowest BCUT2D eigenvalue weighted by Crippen LogP contribution is -2.32. The van der Waals surface area contributed by atoms with Crippen LogP contribution in [0.5, 0.6) is 0 Å². The highest BCUT2D eigenvalue weighted by atomic mass is 79.9. The molecule has 0 radical (unpaired) electrons.